The molecule has 1 aromatic rings. The van der Waals surface area contributed by atoms with Crippen LogP contribution in [0.15, 0.2) is 6.20 Å². The number of nitriles is 1. The molecule has 0 aliphatic heterocycles. The Bertz CT molecular complexity index is 544. The average molecular weight is 363 g/mol. The van der Waals surface area contributed by atoms with Crippen LogP contribution in [0.3, 0.4) is 0 Å². The van der Waals surface area contributed by atoms with Crippen molar-refractivity contribution in [1.82, 2.24) is 9.55 Å². The van der Waals surface area contributed by atoms with Crippen LogP contribution in [0, 0.1) is 11.3 Å². The van der Waals surface area contributed by atoms with Gasteiger partial charge in [0.1, 0.15) is 12.3 Å². The van der Waals surface area contributed by atoms with Gasteiger partial charge in [0.05, 0.1) is 8.07 Å². The summed E-state index contributed by atoms with van der Waals surface area (Å²) in [5.41, 5.74) is 0.0900. The minimum atomic E-state index is -1.24. The number of ether oxygens (including phenoxy) is 1. The van der Waals surface area contributed by atoms with E-state index in [1.807, 2.05) is 6.07 Å². The van der Waals surface area contributed by atoms with Crippen LogP contribution in [0.4, 0.5) is 0 Å². The minimum Gasteiger partial charge on any atom is -0.475 e. The molecule has 0 fully saturated rings. The van der Waals surface area contributed by atoms with E-state index < -0.39 is 20.3 Å². The Kier molecular flexibility index (Phi) is 10.8. The molecule has 1 atom stereocenters. The predicted octanol–water partition coefficient (Wildman–Crippen LogP) is 3.12. The quantitative estimate of drug-likeness (QED) is 0.682. The number of aromatic carboxylic acids is 1. The molecule has 0 amide bonds. The van der Waals surface area contributed by atoms with Gasteiger partial charge in [-0.05, 0) is 13.0 Å². The SMILES string of the molecule is CC[Si](CC)(CC)CCOC(C)n1cc(C#N)nc1C(=O)O.[K]. The normalized spacial score (nSPS) is 12.3. The molecule has 1 aromatic heterocycles. The first-order valence-corrected chi connectivity index (χ1v) is 10.6. The van der Waals surface area contributed by atoms with Crippen LogP contribution in [0.2, 0.25) is 24.2 Å². The van der Waals surface area contributed by atoms with E-state index in [9.17, 15) is 4.79 Å². The Hall–Kier alpha value is -0.0168. The Morgan fingerprint density at radius 1 is 1.43 bits per heavy atom. The summed E-state index contributed by atoms with van der Waals surface area (Å²) < 4.78 is 7.23. The number of aromatic nitrogens is 2. The Morgan fingerprint density at radius 2 is 2.00 bits per heavy atom. The summed E-state index contributed by atoms with van der Waals surface area (Å²) >= 11 is 0. The number of hydrogen-bond donors (Lipinski definition) is 1. The molecule has 23 heavy (non-hydrogen) atoms. The predicted molar refractivity (Wildman–Crippen MR) is 92.3 cm³/mol. The molecule has 0 aliphatic carbocycles. The van der Waals surface area contributed by atoms with Crippen molar-refractivity contribution in [1.29, 1.82) is 5.26 Å². The largest absolute Gasteiger partial charge is 0.475 e. The zero-order chi connectivity index (χ0) is 16.8. The molecule has 0 saturated carbocycles. The van der Waals surface area contributed by atoms with Gasteiger partial charge in [0.2, 0.25) is 5.82 Å². The van der Waals surface area contributed by atoms with Gasteiger partial charge < -0.3 is 9.84 Å². The summed E-state index contributed by atoms with van der Waals surface area (Å²) in [4.78, 5) is 15.0. The monoisotopic (exact) mass is 362 g/mol. The summed E-state index contributed by atoms with van der Waals surface area (Å²) in [6, 6.07) is 6.65. The first kappa shape index (κ1) is 23.0. The molecule has 1 heterocycles. The minimum absolute atomic E-state index is 0. The van der Waals surface area contributed by atoms with Crippen molar-refractivity contribution in [3.63, 3.8) is 0 Å². The van der Waals surface area contributed by atoms with Crippen molar-refractivity contribution in [3.8, 4) is 6.07 Å². The van der Waals surface area contributed by atoms with Crippen molar-refractivity contribution in [2.45, 2.75) is 58.1 Å². The van der Waals surface area contributed by atoms with Gasteiger partial charge in [-0.3, -0.25) is 4.57 Å². The van der Waals surface area contributed by atoms with Crippen LogP contribution in [0.5, 0.6) is 0 Å². The maximum Gasteiger partial charge on any atom is 0.372 e. The van der Waals surface area contributed by atoms with E-state index in [-0.39, 0.29) is 62.9 Å². The molecule has 1 unspecified atom stereocenters. The van der Waals surface area contributed by atoms with E-state index in [0.29, 0.717) is 6.61 Å². The molecule has 0 aromatic carbocycles. The number of carbonyl (C=O) groups is 1. The molecule has 123 valence electrons. The summed E-state index contributed by atoms with van der Waals surface area (Å²) in [6.07, 6.45) is 0.983. The van der Waals surface area contributed by atoms with Gasteiger partial charge in [-0.15, -0.1) is 0 Å². The molecular weight excluding hydrogens is 337 g/mol. The molecule has 1 N–H and O–H groups in total. The smallest absolute Gasteiger partial charge is 0.372 e. The topological polar surface area (TPSA) is 88.1 Å². The van der Waals surface area contributed by atoms with E-state index in [0.717, 1.165) is 6.04 Å². The number of rotatable bonds is 9. The molecule has 0 bridgehead atoms. The summed E-state index contributed by atoms with van der Waals surface area (Å²) in [5.74, 6) is -1.31. The third-order valence-corrected chi connectivity index (χ3v) is 10.4. The number of carboxylic acids is 1. The maximum atomic E-state index is 11.2. The molecule has 0 saturated heterocycles. The zero-order valence-corrected chi connectivity index (χ0v) is 18.9. The average Bonchev–Trinajstić information content (AvgIpc) is 2.96. The summed E-state index contributed by atoms with van der Waals surface area (Å²) in [7, 11) is -1.24. The number of imidazole rings is 1. The van der Waals surface area contributed by atoms with Gasteiger partial charge in [0.15, 0.2) is 5.69 Å². The molecule has 0 spiro atoms. The molecule has 1 radical (unpaired) electrons. The summed E-state index contributed by atoms with van der Waals surface area (Å²) in [6.45, 7) is 9.14. The van der Waals surface area contributed by atoms with E-state index in [4.69, 9.17) is 15.1 Å². The van der Waals surface area contributed by atoms with E-state index >= 15 is 0 Å². The van der Waals surface area contributed by atoms with Crippen molar-refractivity contribution >= 4 is 65.4 Å². The van der Waals surface area contributed by atoms with E-state index in [1.54, 1.807) is 6.92 Å². The molecular formula is C15H25KN3O3Si. The van der Waals surface area contributed by atoms with Crippen LogP contribution in [0.1, 0.15) is 50.2 Å². The summed E-state index contributed by atoms with van der Waals surface area (Å²) in [5, 5.41) is 18.0. The van der Waals surface area contributed by atoms with Crippen LogP contribution in [0.25, 0.3) is 0 Å². The van der Waals surface area contributed by atoms with Gasteiger partial charge in [0.25, 0.3) is 0 Å². The van der Waals surface area contributed by atoms with Gasteiger partial charge >= 0.3 is 5.97 Å². The van der Waals surface area contributed by atoms with E-state index in [1.165, 1.54) is 28.9 Å². The van der Waals surface area contributed by atoms with Crippen LogP contribution < -0.4 is 0 Å². The van der Waals surface area contributed by atoms with Gasteiger partial charge in [-0.1, -0.05) is 38.9 Å². The third kappa shape index (κ3) is 6.08. The number of hydrogen-bond acceptors (Lipinski definition) is 4. The first-order valence-electron chi connectivity index (χ1n) is 7.76. The van der Waals surface area contributed by atoms with Crippen molar-refractivity contribution in [2.75, 3.05) is 6.61 Å². The Morgan fingerprint density at radius 3 is 2.43 bits per heavy atom. The fourth-order valence-corrected chi connectivity index (χ4v) is 5.80. The number of carboxylic acid groups (broad SMARTS) is 1. The number of nitrogens with zero attached hydrogens (tertiary/aromatic N) is 3. The van der Waals surface area contributed by atoms with Gasteiger partial charge in [-0.2, -0.15) is 5.26 Å². The second-order valence-corrected chi connectivity index (χ2v) is 11.2. The second-order valence-electron chi connectivity index (χ2n) is 5.55. The van der Waals surface area contributed by atoms with Crippen molar-refractivity contribution in [3.05, 3.63) is 17.7 Å². The Balaban J connectivity index is 0.00000484. The standard InChI is InChI=1S/C15H25N3O3Si.K/c1-5-22(6-2,7-3)9-8-21-12(4)18-11-13(10-16)17-14(18)15(19)20;/h11-12H,5-9H2,1-4H3,(H,19,20);. The van der Waals surface area contributed by atoms with E-state index in [2.05, 4.69) is 25.8 Å². The van der Waals surface area contributed by atoms with Crippen LogP contribution in [-0.4, -0.2) is 86.7 Å². The molecule has 8 heteroatoms. The fraction of sp³-hybridized carbons (Fsp3) is 0.667. The molecule has 0 aliphatic rings. The molecule has 6 nitrogen and oxygen atoms in total. The van der Waals surface area contributed by atoms with Crippen molar-refractivity contribution in [2.24, 2.45) is 0 Å². The zero-order valence-electron chi connectivity index (χ0n) is 14.8. The molecule has 1 rings (SSSR count). The van der Waals surface area contributed by atoms with Gasteiger partial charge in [-0.25, -0.2) is 9.78 Å². The van der Waals surface area contributed by atoms with Crippen LogP contribution >= 0.6 is 0 Å². The Labute approximate surface area is 181 Å². The fourth-order valence-electron chi connectivity index (χ4n) is 2.69. The first-order chi connectivity index (χ1) is 10.4. The second kappa shape index (κ2) is 10.8. The van der Waals surface area contributed by atoms with Crippen LogP contribution in [-0.2, 0) is 4.74 Å². The maximum absolute atomic E-state index is 11.2. The van der Waals surface area contributed by atoms with Gasteiger partial charge in [0, 0.05) is 64.2 Å². The van der Waals surface area contributed by atoms with Crippen molar-refractivity contribution < 1.29 is 14.6 Å². The third-order valence-electron chi connectivity index (χ3n) is 4.67.